The molecule has 0 radical (unpaired) electrons. The van der Waals surface area contributed by atoms with Gasteiger partial charge in [0.1, 0.15) is 5.82 Å². The normalized spacial score (nSPS) is 11.3. The van der Waals surface area contributed by atoms with Crippen LogP contribution in [-0.2, 0) is 0 Å². The summed E-state index contributed by atoms with van der Waals surface area (Å²) in [4.78, 5) is 16.6. The van der Waals surface area contributed by atoms with E-state index in [1.807, 2.05) is 20.2 Å². The second-order valence-electron chi connectivity index (χ2n) is 7.14. The molecule has 0 unspecified atom stereocenters. The van der Waals surface area contributed by atoms with Crippen molar-refractivity contribution in [3.05, 3.63) is 41.3 Å². The number of benzene rings is 1. The van der Waals surface area contributed by atoms with E-state index < -0.39 is 0 Å². The van der Waals surface area contributed by atoms with E-state index in [9.17, 15) is 4.39 Å². The zero-order valence-corrected chi connectivity index (χ0v) is 18.4. The highest BCUT2D eigenvalue weighted by molar-refractivity contribution is 7.18. The molecule has 1 aromatic carbocycles. The van der Waals surface area contributed by atoms with Crippen molar-refractivity contribution in [2.45, 2.75) is 19.9 Å². The summed E-state index contributed by atoms with van der Waals surface area (Å²) in [5, 5.41) is 7.69. The summed E-state index contributed by atoms with van der Waals surface area (Å²) >= 11 is 7.80. The quantitative estimate of drug-likeness (QED) is 0.528. The fraction of sp³-hybridized carbons (Fsp3) is 0.350. The number of thiazole rings is 1. The summed E-state index contributed by atoms with van der Waals surface area (Å²) in [7, 11) is 4.01. The van der Waals surface area contributed by atoms with E-state index in [2.05, 4.69) is 44.3 Å². The van der Waals surface area contributed by atoms with Crippen molar-refractivity contribution in [3.63, 3.8) is 0 Å². The lowest BCUT2D eigenvalue weighted by Crippen LogP contribution is -2.21. The van der Waals surface area contributed by atoms with Gasteiger partial charge in [-0.1, -0.05) is 22.9 Å². The summed E-state index contributed by atoms with van der Waals surface area (Å²) in [5.41, 5.74) is 2.01. The molecule has 3 aromatic rings. The maximum atomic E-state index is 13.5. The van der Waals surface area contributed by atoms with E-state index in [1.165, 1.54) is 23.5 Å². The third-order valence-electron chi connectivity index (χ3n) is 3.95. The molecule has 0 saturated carbocycles. The van der Waals surface area contributed by atoms with E-state index in [0.717, 1.165) is 22.2 Å². The minimum Gasteiger partial charge on any atom is -0.359 e. The molecule has 0 spiro atoms. The molecule has 0 aliphatic heterocycles. The summed E-state index contributed by atoms with van der Waals surface area (Å²) in [6, 6.07) is 6.43. The van der Waals surface area contributed by atoms with Crippen LogP contribution in [0.3, 0.4) is 0 Å². The van der Waals surface area contributed by atoms with E-state index in [-0.39, 0.29) is 11.9 Å². The smallest absolute Gasteiger partial charge is 0.223 e. The minimum absolute atomic E-state index is 0.288. The Morgan fingerprint density at radius 1 is 1.17 bits per heavy atom. The van der Waals surface area contributed by atoms with Crippen molar-refractivity contribution in [2.75, 3.05) is 37.8 Å². The highest BCUT2D eigenvalue weighted by Crippen LogP contribution is 2.33. The molecule has 0 saturated heterocycles. The molecular weight excluding hydrogens is 411 g/mol. The molecule has 0 bridgehead atoms. The lowest BCUT2D eigenvalue weighted by atomic mass is 10.1. The van der Waals surface area contributed by atoms with Crippen LogP contribution >= 0.6 is 22.9 Å². The Kier molecular flexibility index (Phi) is 7.00. The average molecular weight is 435 g/mol. The fourth-order valence-corrected chi connectivity index (χ4v) is 3.77. The van der Waals surface area contributed by atoms with Crippen molar-refractivity contribution in [1.29, 1.82) is 0 Å². The van der Waals surface area contributed by atoms with Crippen LogP contribution in [0.4, 0.5) is 15.5 Å². The number of rotatable bonds is 8. The van der Waals surface area contributed by atoms with E-state index in [0.29, 0.717) is 28.8 Å². The average Bonchev–Trinajstić information content (AvgIpc) is 3.09. The number of hydrogen-bond acceptors (Lipinski definition) is 7. The monoisotopic (exact) mass is 434 g/mol. The largest absolute Gasteiger partial charge is 0.359 e. The van der Waals surface area contributed by atoms with Gasteiger partial charge >= 0.3 is 0 Å². The van der Waals surface area contributed by atoms with Gasteiger partial charge in [-0.15, -0.1) is 0 Å². The number of likely N-dealkylation sites (N-methyl/N-ethyl adjacent to an activating group) is 1. The van der Waals surface area contributed by atoms with Crippen LogP contribution in [0.1, 0.15) is 13.8 Å². The second-order valence-corrected chi connectivity index (χ2v) is 8.58. The molecule has 154 valence electrons. The summed E-state index contributed by atoms with van der Waals surface area (Å²) < 4.78 is 13.5. The molecule has 0 aliphatic carbocycles. The van der Waals surface area contributed by atoms with Gasteiger partial charge in [-0.3, -0.25) is 0 Å². The molecule has 0 atom stereocenters. The highest BCUT2D eigenvalue weighted by Gasteiger charge is 2.14. The first-order chi connectivity index (χ1) is 13.8. The van der Waals surface area contributed by atoms with Gasteiger partial charge in [-0.05, 0) is 52.2 Å². The Morgan fingerprint density at radius 3 is 2.62 bits per heavy atom. The van der Waals surface area contributed by atoms with E-state index >= 15 is 0 Å². The predicted molar refractivity (Wildman–Crippen MR) is 119 cm³/mol. The summed E-state index contributed by atoms with van der Waals surface area (Å²) in [6.07, 6.45) is 1.79. The van der Waals surface area contributed by atoms with Crippen LogP contribution in [-0.4, -0.2) is 53.1 Å². The Bertz CT molecular complexity index is 975. The molecular formula is C20H24ClFN6S. The van der Waals surface area contributed by atoms with Crippen LogP contribution < -0.4 is 10.6 Å². The van der Waals surface area contributed by atoms with Crippen LogP contribution in [0.15, 0.2) is 30.5 Å². The third kappa shape index (κ3) is 5.85. The molecule has 2 aromatic heterocycles. The molecule has 29 heavy (non-hydrogen) atoms. The maximum Gasteiger partial charge on any atom is 0.223 e. The first kappa shape index (κ1) is 21.4. The fourth-order valence-electron chi connectivity index (χ4n) is 2.59. The Labute approximate surface area is 179 Å². The number of anilines is 2. The standard InChI is InChI=1S/C20H24ClFN6S/c1-12(2)25-20-24-11-18(29-20)17-10-16(14-6-5-13(22)9-15(14)21)26-19(27-17)23-7-8-28(3)4/h5-6,9-12H,7-8H2,1-4H3,(H,24,25)(H,23,26,27). The van der Waals surface area contributed by atoms with E-state index in [4.69, 9.17) is 11.6 Å². The number of nitrogens with zero attached hydrogens (tertiary/aromatic N) is 4. The third-order valence-corrected chi connectivity index (χ3v) is 5.21. The van der Waals surface area contributed by atoms with Crippen molar-refractivity contribution in [3.8, 4) is 21.8 Å². The molecule has 0 fully saturated rings. The van der Waals surface area contributed by atoms with Gasteiger partial charge in [0.25, 0.3) is 0 Å². The van der Waals surface area contributed by atoms with Crippen LogP contribution in [0.25, 0.3) is 21.8 Å². The van der Waals surface area contributed by atoms with Crippen molar-refractivity contribution in [2.24, 2.45) is 0 Å². The molecule has 2 N–H and O–H groups in total. The van der Waals surface area contributed by atoms with Gasteiger partial charge in [0, 0.05) is 30.9 Å². The molecule has 2 heterocycles. The van der Waals surface area contributed by atoms with Crippen molar-refractivity contribution in [1.82, 2.24) is 19.9 Å². The second kappa shape index (κ2) is 9.47. The molecule has 6 nitrogen and oxygen atoms in total. The van der Waals surface area contributed by atoms with Gasteiger partial charge in [0.15, 0.2) is 5.13 Å². The van der Waals surface area contributed by atoms with Gasteiger partial charge < -0.3 is 15.5 Å². The zero-order chi connectivity index (χ0) is 21.0. The predicted octanol–water partition coefficient (Wildman–Crippen LogP) is 4.85. The summed E-state index contributed by atoms with van der Waals surface area (Å²) in [6.45, 7) is 5.65. The molecule has 3 rings (SSSR count). The van der Waals surface area contributed by atoms with Crippen molar-refractivity contribution >= 4 is 34.0 Å². The van der Waals surface area contributed by atoms with E-state index in [1.54, 1.807) is 12.3 Å². The van der Waals surface area contributed by atoms with Crippen LogP contribution in [0.5, 0.6) is 0 Å². The Balaban J connectivity index is 1.99. The lowest BCUT2D eigenvalue weighted by Gasteiger charge is -2.12. The van der Waals surface area contributed by atoms with Gasteiger partial charge in [-0.25, -0.2) is 19.3 Å². The number of hydrogen-bond donors (Lipinski definition) is 2. The van der Waals surface area contributed by atoms with Crippen LogP contribution in [0.2, 0.25) is 5.02 Å². The Morgan fingerprint density at radius 2 is 1.93 bits per heavy atom. The lowest BCUT2D eigenvalue weighted by molar-refractivity contribution is 0.425. The number of nitrogens with one attached hydrogen (secondary N) is 2. The maximum absolute atomic E-state index is 13.5. The highest BCUT2D eigenvalue weighted by atomic mass is 35.5. The Hall–Kier alpha value is -2.29. The van der Waals surface area contributed by atoms with Crippen molar-refractivity contribution < 1.29 is 4.39 Å². The van der Waals surface area contributed by atoms with Gasteiger partial charge in [0.05, 0.1) is 21.3 Å². The zero-order valence-electron chi connectivity index (χ0n) is 16.8. The first-order valence-corrected chi connectivity index (χ1v) is 10.5. The topological polar surface area (TPSA) is 66.0 Å². The van der Waals surface area contributed by atoms with Crippen LogP contribution in [0, 0.1) is 5.82 Å². The van der Waals surface area contributed by atoms with Gasteiger partial charge in [0.2, 0.25) is 5.95 Å². The molecule has 9 heteroatoms. The molecule has 0 amide bonds. The number of aromatic nitrogens is 3. The minimum atomic E-state index is -0.385. The SMILES string of the molecule is CC(C)Nc1ncc(-c2cc(-c3ccc(F)cc3Cl)nc(NCCN(C)C)n2)s1. The summed E-state index contributed by atoms with van der Waals surface area (Å²) in [5.74, 6) is 0.107. The molecule has 0 aliphatic rings. The number of halogens is 2. The van der Waals surface area contributed by atoms with Gasteiger partial charge in [-0.2, -0.15) is 0 Å². The first-order valence-electron chi connectivity index (χ1n) is 9.27.